The average molecular weight is 250 g/mol. The Morgan fingerprint density at radius 1 is 1.53 bits per heavy atom. The fourth-order valence-electron chi connectivity index (χ4n) is 1.29. The number of nitrogens with zero attached hydrogens (tertiary/aromatic N) is 3. The number of thioether (sulfide) groups is 1. The van der Waals surface area contributed by atoms with Gasteiger partial charge in [-0.1, -0.05) is 11.6 Å². The Morgan fingerprint density at radius 3 is 2.87 bits per heavy atom. The van der Waals surface area contributed by atoms with Gasteiger partial charge in [0.15, 0.2) is 0 Å². The largest absolute Gasteiger partial charge is 0.320 e. The highest BCUT2D eigenvalue weighted by Crippen LogP contribution is 2.29. The molecule has 0 amide bonds. The minimum atomic E-state index is -2.62. The van der Waals surface area contributed by atoms with Crippen LogP contribution < -0.4 is 0 Å². The molecule has 0 aliphatic heterocycles. The van der Waals surface area contributed by atoms with Crippen molar-refractivity contribution in [2.75, 3.05) is 6.26 Å². The number of aromatic nitrogens is 3. The molecule has 0 unspecified atom stereocenters. The lowest BCUT2D eigenvalue weighted by atomic mass is 10.4. The van der Waals surface area contributed by atoms with Gasteiger partial charge in [-0.15, -0.1) is 11.8 Å². The number of alkyl halides is 2. The van der Waals surface area contributed by atoms with Crippen LogP contribution in [-0.2, 0) is 0 Å². The van der Waals surface area contributed by atoms with Crippen LogP contribution >= 0.6 is 23.4 Å². The molecule has 0 radical (unpaired) electrons. The molecule has 2 aromatic rings. The molecule has 0 aromatic carbocycles. The summed E-state index contributed by atoms with van der Waals surface area (Å²) in [7, 11) is 0. The predicted octanol–water partition coefficient (Wildman–Crippen LogP) is 3.20. The molecule has 0 aliphatic carbocycles. The molecular weight excluding hydrogens is 244 g/mol. The van der Waals surface area contributed by atoms with E-state index in [-0.39, 0.29) is 5.15 Å². The van der Waals surface area contributed by atoms with Crippen LogP contribution in [0.5, 0.6) is 0 Å². The summed E-state index contributed by atoms with van der Waals surface area (Å²) in [6, 6.07) is 1.47. The Morgan fingerprint density at radius 2 is 2.27 bits per heavy atom. The average Bonchev–Trinajstić information content (AvgIpc) is 2.59. The zero-order valence-electron chi connectivity index (χ0n) is 7.62. The van der Waals surface area contributed by atoms with Crippen molar-refractivity contribution in [3.8, 4) is 0 Å². The molecule has 0 N–H and O–H groups in total. The van der Waals surface area contributed by atoms with Gasteiger partial charge in [-0.2, -0.15) is 8.78 Å². The van der Waals surface area contributed by atoms with Crippen LogP contribution in [0, 0.1) is 0 Å². The molecule has 7 heteroatoms. The summed E-state index contributed by atoms with van der Waals surface area (Å²) in [6.07, 6.45) is 2.84. The third kappa shape index (κ3) is 1.79. The maximum absolute atomic E-state index is 12.6. The van der Waals surface area contributed by atoms with Crippen LogP contribution in [0.2, 0.25) is 5.15 Å². The molecule has 0 spiro atoms. The number of pyridine rings is 1. The first-order valence-corrected chi connectivity index (χ1v) is 5.59. The first-order valence-electron chi connectivity index (χ1n) is 3.98. The first kappa shape index (κ1) is 10.6. The Hall–Kier alpha value is -0.880. The van der Waals surface area contributed by atoms with Gasteiger partial charge in [0.1, 0.15) is 22.0 Å². The minimum Gasteiger partial charge on any atom is -0.270 e. The lowest BCUT2D eigenvalue weighted by Gasteiger charge is -2.04. The highest BCUT2D eigenvalue weighted by atomic mass is 35.5. The third-order valence-corrected chi connectivity index (χ3v) is 2.76. The maximum Gasteiger partial charge on any atom is 0.320 e. The van der Waals surface area contributed by atoms with Crippen LogP contribution in [0.3, 0.4) is 0 Å². The van der Waals surface area contributed by atoms with Gasteiger partial charge in [-0.05, 0) is 6.26 Å². The second kappa shape index (κ2) is 3.94. The summed E-state index contributed by atoms with van der Waals surface area (Å²) in [5.74, 6) is 0. The summed E-state index contributed by atoms with van der Waals surface area (Å²) in [5, 5.41) is 0.710. The molecule has 2 heterocycles. The zero-order chi connectivity index (χ0) is 11.0. The van der Waals surface area contributed by atoms with Crippen molar-refractivity contribution in [2.45, 2.75) is 11.6 Å². The Kier molecular flexibility index (Phi) is 2.79. The molecular formula is C8H6ClF2N3S. The van der Waals surface area contributed by atoms with E-state index >= 15 is 0 Å². The molecule has 2 aromatic heterocycles. The van der Waals surface area contributed by atoms with Gasteiger partial charge < -0.3 is 0 Å². The lowest BCUT2D eigenvalue weighted by Crippen LogP contribution is -1.97. The summed E-state index contributed by atoms with van der Waals surface area (Å²) < 4.78 is 26.0. The molecule has 0 aliphatic rings. The zero-order valence-corrected chi connectivity index (χ0v) is 9.19. The smallest absolute Gasteiger partial charge is 0.270 e. The molecule has 3 nitrogen and oxygen atoms in total. The van der Waals surface area contributed by atoms with Gasteiger partial charge in [-0.3, -0.25) is 4.57 Å². The van der Waals surface area contributed by atoms with Crippen molar-refractivity contribution in [1.29, 1.82) is 0 Å². The molecule has 0 saturated heterocycles. The fraction of sp³-hybridized carbons (Fsp3) is 0.250. The van der Waals surface area contributed by atoms with Crippen LogP contribution in [-0.4, -0.2) is 20.8 Å². The van der Waals surface area contributed by atoms with E-state index in [9.17, 15) is 8.78 Å². The Labute approximate surface area is 93.5 Å². The second-order valence-electron chi connectivity index (χ2n) is 2.75. The number of hydrogen-bond acceptors (Lipinski definition) is 3. The molecule has 2 rings (SSSR count). The van der Waals surface area contributed by atoms with Crippen LogP contribution in [0.25, 0.3) is 11.0 Å². The summed E-state index contributed by atoms with van der Waals surface area (Å²) in [6.45, 7) is -2.62. The van der Waals surface area contributed by atoms with Crippen molar-refractivity contribution < 1.29 is 8.78 Å². The van der Waals surface area contributed by atoms with E-state index in [0.29, 0.717) is 16.1 Å². The van der Waals surface area contributed by atoms with Crippen LogP contribution in [0.1, 0.15) is 6.55 Å². The normalized spacial score (nSPS) is 11.5. The highest BCUT2D eigenvalue weighted by Gasteiger charge is 2.15. The molecule has 15 heavy (non-hydrogen) atoms. The van der Waals surface area contributed by atoms with E-state index in [0.717, 1.165) is 10.9 Å². The first-order chi connectivity index (χ1) is 7.13. The van der Waals surface area contributed by atoms with E-state index in [4.69, 9.17) is 11.6 Å². The van der Waals surface area contributed by atoms with Gasteiger partial charge in [0.2, 0.25) is 0 Å². The third-order valence-electron chi connectivity index (χ3n) is 1.89. The number of rotatable bonds is 2. The standard InChI is InChI=1S/C8H6ClF2N3S/c1-15-7-6-4(2-5(9)13-7)12-3-14(6)8(10)11/h2-3,8H,1H3. The molecule has 0 saturated carbocycles. The topological polar surface area (TPSA) is 30.7 Å². The number of fused-ring (bicyclic) bond motifs is 1. The van der Waals surface area contributed by atoms with E-state index in [1.54, 1.807) is 6.26 Å². The van der Waals surface area contributed by atoms with E-state index in [1.165, 1.54) is 17.8 Å². The molecule has 0 bridgehead atoms. The monoisotopic (exact) mass is 249 g/mol. The minimum absolute atomic E-state index is 0.256. The van der Waals surface area contributed by atoms with E-state index < -0.39 is 6.55 Å². The Balaban J connectivity index is 2.77. The lowest BCUT2D eigenvalue weighted by molar-refractivity contribution is 0.0741. The van der Waals surface area contributed by atoms with E-state index in [1.807, 2.05) is 0 Å². The van der Waals surface area contributed by atoms with Gasteiger partial charge in [0.25, 0.3) is 0 Å². The number of hydrogen-bond donors (Lipinski definition) is 0. The molecule has 0 fully saturated rings. The summed E-state index contributed by atoms with van der Waals surface area (Å²) in [4.78, 5) is 7.82. The number of halogens is 3. The summed E-state index contributed by atoms with van der Waals surface area (Å²) >= 11 is 6.99. The van der Waals surface area contributed by atoms with Crippen molar-refractivity contribution in [1.82, 2.24) is 14.5 Å². The molecule has 80 valence electrons. The molecule has 0 atom stereocenters. The number of imidazole rings is 1. The SMILES string of the molecule is CSc1nc(Cl)cc2ncn(C(F)F)c12. The fourth-order valence-corrected chi connectivity index (χ4v) is 2.12. The predicted molar refractivity (Wildman–Crippen MR) is 55.6 cm³/mol. The summed E-state index contributed by atoms with van der Waals surface area (Å²) in [5.41, 5.74) is 0.751. The van der Waals surface area contributed by atoms with Crippen LogP contribution in [0.15, 0.2) is 17.4 Å². The quantitative estimate of drug-likeness (QED) is 0.605. The van der Waals surface area contributed by atoms with Gasteiger partial charge in [-0.25, -0.2) is 9.97 Å². The Bertz CT molecular complexity index is 500. The maximum atomic E-state index is 12.6. The van der Waals surface area contributed by atoms with Crippen molar-refractivity contribution >= 4 is 34.4 Å². The van der Waals surface area contributed by atoms with Gasteiger partial charge in [0, 0.05) is 6.07 Å². The van der Waals surface area contributed by atoms with Crippen molar-refractivity contribution in [2.24, 2.45) is 0 Å². The van der Waals surface area contributed by atoms with Crippen molar-refractivity contribution in [3.63, 3.8) is 0 Å². The van der Waals surface area contributed by atoms with E-state index in [2.05, 4.69) is 9.97 Å². The van der Waals surface area contributed by atoms with Crippen molar-refractivity contribution in [3.05, 3.63) is 17.5 Å². The second-order valence-corrected chi connectivity index (χ2v) is 3.93. The highest BCUT2D eigenvalue weighted by molar-refractivity contribution is 7.98. The van der Waals surface area contributed by atoms with Gasteiger partial charge >= 0.3 is 6.55 Å². The van der Waals surface area contributed by atoms with Gasteiger partial charge in [0.05, 0.1) is 5.52 Å². The van der Waals surface area contributed by atoms with Crippen LogP contribution in [0.4, 0.5) is 8.78 Å².